The number of thioether (sulfide) groups is 1. The number of aromatic nitrogens is 1. The van der Waals surface area contributed by atoms with Crippen LogP contribution in [0.15, 0.2) is 34.5 Å². The van der Waals surface area contributed by atoms with Crippen molar-refractivity contribution >= 4 is 23.1 Å². The van der Waals surface area contributed by atoms with E-state index in [-0.39, 0.29) is 5.41 Å². The topological polar surface area (TPSA) is 33.1 Å². The molecule has 0 unspecified atom stereocenters. The van der Waals surface area contributed by atoms with Gasteiger partial charge in [-0.15, -0.1) is 23.1 Å². The average Bonchev–Trinajstić information content (AvgIpc) is 2.76. The molecule has 1 heterocycles. The lowest BCUT2D eigenvalue weighted by Gasteiger charge is -2.13. The van der Waals surface area contributed by atoms with E-state index >= 15 is 0 Å². The molecule has 1 aromatic heterocycles. The largest absolute Gasteiger partial charge is 0.507 e. The number of rotatable bonds is 3. The summed E-state index contributed by atoms with van der Waals surface area (Å²) in [6, 6.07) is 7.41. The van der Waals surface area contributed by atoms with E-state index in [1.54, 1.807) is 29.2 Å². The smallest absolute Gasteiger partial charge is 0.129 e. The van der Waals surface area contributed by atoms with Crippen LogP contribution in [0.5, 0.6) is 5.75 Å². The summed E-state index contributed by atoms with van der Waals surface area (Å²) < 4.78 is 0. The van der Waals surface area contributed by atoms with E-state index in [1.165, 1.54) is 0 Å². The molecule has 2 aromatic rings. The highest BCUT2D eigenvalue weighted by atomic mass is 32.2. The molecule has 0 amide bonds. The zero-order valence-electron chi connectivity index (χ0n) is 10.8. The van der Waals surface area contributed by atoms with Gasteiger partial charge in [0.2, 0.25) is 0 Å². The Hall–Kier alpha value is -1.00. The van der Waals surface area contributed by atoms with E-state index in [4.69, 9.17) is 0 Å². The van der Waals surface area contributed by atoms with Crippen LogP contribution in [0.2, 0.25) is 0 Å². The maximum Gasteiger partial charge on any atom is 0.129 e. The second-order valence-corrected chi connectivity index (χ2v) is 7.03. The monoisotopic (exact) mass is 279 g/mol. The number of thiazole rings is 1. The third-order valence-corrected chi connectivity index (χ3v) is 4.85. The minimum absolute atomic E-state index is 0.114. The molecule has 96 valence electrons. The number of benzene rings is 1. The fraction of sp³-hybridized carbons (Fsp3) is 0.357. The Morgan fingerprint density at radius 3 is 2.61 bits per heavy atom. The molecule has 0 atom stereocenters. The number of hydrogen-bond acceptors (Lipinski definition) is 4. The van der Waals surface area contributed by atoms with Crippen LogP contribution in [0.4, 0.5) is 0 Å². The summed E-state index contributed by atoms with van der Waals surface area (Å²) >= 11 is 3.33. The van der Waals surface area contributed by atoms with Crippen molar-refractivity contribution < 1.29 is 5.11 Å². The van der Waals surface area contributed by atoms with Crippen LogP contribution < -0.4 is 0 Å². The highest BCUT2D eigenvalue weighted by Crippen LogP contribution is 2.32. The van der Waals surface area contributed by atoms with Crippen LogP contribution in [-0.2, 0) is 11.2 Å². The van der Waals surface area contributed by atoms with Crippen molar-refractivity contribution in [2.45, 2.75) is 36.8 Å². The Morgan fingerprint density at radius 2 is 2.00 bits per heavy atom. The molecular formula is C14H17NOS2. The van der Waals surface area contributed by atoms with E-state index < -0.39 is 0 Å². The Balaban J connectivity index is 2.03. The number of hydrogen-bond donors (Lipinski definition) is 1. The number of aromatic hydroxyl groups is 1. The minimum atomic E-state index is 0.114. The molecule has 0 fully saturated rings. The average molecular weight is 279 g/mol. The third kappa shape index (κ3) is 3.27. The second-order valence-electron chi connectivity index (χ2n) is 5.15. The normalized spacial score (nSPS) is 11.7. The van der Waals surface area contributed by atoms with Gasteiger partial charge in [-0.3, -0.25) is 0 Å². The van der Waals surface area contributed by atoms with Gasteiger partial charge in [0.25, 0.3) is 0 Å². The summed E-state index contributed by atoms with van der Waals surface area (Å²) in [5.41, 5.74) is 1.20. The number of para-hydroxylation sites is 1. The molecule has 2 nitrogen and oxygen atoms in total. The second kappa shape index (κ2) is 5.33. The van der Waals surface area contributed by atoms with Gasteiger partial charge < -0.3 is 5.11 Å². The molecule has 1 N–H and O–H groups in total. The van der Waals surface area contributed by atoms with Crippen molar-refractivity contribution in [1.82, 2.24) is 4.98 Å². The van der Waals surface area contributed by atoms with E-state index in [0.29, 0.717) is 5.75 Å². The summed E-state index contributed by atoms with van der Waals surface area (Å²) in [5.74, 6) is 1.14. The molecule has 0 saturated heterocycles. The molecule has 0 aliphatic rings. The van der Waals surface area contributed by atoms with Crippen LogP contribution in [0.25, 0.3) is 0 Å². The number of nitrogens with zero attached hydrogens (tertiary/aromatic N) is 1. The molecule has 4 heteroatoms. The maximum absolute atomic E-state index is 9.68. The SMILES string of the molecule is CC(C)(C)c1nc(CSc2ccccc2O)cs1. The molecule has 2 rings (SSSR count). The highest BCUT2D eigenvalue weighted by molar-refractivity contribution is 7.98. The Labute approximate surface area is 116 Å². The minimum Gasteiger partial charge on any atom is -0.507 e. The van der Waals surface area contributed by atoms with Gasteiger partial charge in [-0.2, -0.15) is 0 Å². The summed E-state index contributed by atoms with van der Waals surface area (Å²) in [6.45, 7) is 6.52. The Bertz CT molecular complexity index is 529. The first-order valence-corrected chi connectivity index (χ1v) is 7.69. The molecule has 0 bridgehead atoms. The highest BCUT2D eigenvalue weighted by Gasteiger charge is 2.17. The summed E-state index contributed by atoms with van der Waals surface area (Å²) in [6.07, 6.45) is 0. The van der Waals surface area contributed by atoms with Gasteiger partial charge in [0.1, 0.15) is 5.75 Å². The van der Waals surface area contributed by atoms with Gasteiger partial charge >= 0.3 is 0 Å². The molecule has 0 radical (unpaired) electrons. The van der Waals surface area contributed by atoms with Crippen molar-refractivity contribution in [3.8, 4) is 5.75 Å². The van der Waals surface area contributed by atoms with Crippen LogP contribution in [0.1, 0.15) is 31.5 Å². The molecule has 0 spiro atoms. The zero-order valence-corrected chi connectivity index (χ0v) is 12.4. The van der Waals surface area contributed by atoms with Crippen LogP contribution in [-0.4, -0.2) is 10.1 Å². The third-order valence-electron chi connectivity index (χ3n) is 2.43. The van der Waals surface area contributed by atoms with Crippen molar-refractivity contribution in [3.63, 3.8) is 0 Å². The molecule has 0 aliphatic carbocycles. The van der Waals surface area contributed by atoms with Gasteiger partial charge in [-0.1, -0.05) is 32.9 Å². The van der Waals surface area contributed by atoms with Crippen LogP contribution in [0.3, 0.4) is 0 Å². The maximum atomic E-state index is 9.68. The zero-order chi connectivity index (χ0) is 13.2. The van der Waals surface area contributed by atoms with Crippen molar-refractivity contribution in [3.05, 3.63) is 40.3 Å². The van der Waals surface area contributed by atoms with Gasteiger partial charge in [0, 0.05) is 21.4 Å². The lowest BCUT2D eigenvalue weighted by atomic mass is 9.98. The van der Waals surface area contributed by atoms with Gasteiger partial charge in [-0.25, -0.2) is 4.98 Å². The predicted octanol–water partition coefficient (Wildman–Crippen LogP) is 4.44. The Morgan fingerprint density at radius 1 is 1.28 bits per heavy atom. The van der Waals surface area contributed by atoms with E-state index in [2.05, 4.69) is 31.1 Å². The van der Waals surface area contributed by atoms with Crippen molar-refractivity contribution in [2.24, 2.45) is 0 Å². The molecular weight excluding hydrogens is 262 g/mol. The van der Waals surface area contributed by atoms with Crippen molar-refractivity contribution in [2.75, 3.05) is 0 Å². The Kier molecular flexibility index (Phi) is 3.97. The number of phenols is 1. The number of phenolic OH excluding ortho intramolecular Hbond substituents is 1. The molecule has 0 aliphatic heterocycles. The first-order valence-electron chi connectivity index (χ1n) is 5.82. The van der Waals surface area contributed by atoms with Gasteiger partial charge in [0.15, 0.2) is 0 Å². The summed E-state index contributed by atoms with van der Waals surface area (Å²) in [7, 11) is 0. The first kappa shape index (κ1) is 13.4. The van der Waals surface area contributed by atoms with E-state index in [1.807, 2.05) is 18.2 Å². The lowest BCUT2D eigenvalue weighted by molar-refractivity contribution is 0.462. The van der Waals surface area contributed by atoms with Crippen molar-refractivity contribution in [1.29, 1.82) is 0 Å². The predicted molar refractivity (Wildman–Crippen MR) is 78.5 cm³/mol. The molecule has 0 saturated carbocycles. The molecule has 1 aromatic carbocycles. The van der Waals surface area contributed by atoms with Gasteiger partial charge in [0.05, 0.1) is 10.7 Å². The summed E-state index contributed by atoms with van der Waals surface area (Å²) in [5, 5.41) is 13.0. The fourth-order valence-corrected chi connectivity index (χ4v) is 3.30. The van der Waals surface area contributed by atoms with Crippen LogP contribution >= 0.6 is 23.1 Å². The first-order chi connectivity index (χ1) is 8.47. The fourth-order valence-electron chi connectivity index (χ4n) is 1.45. The van der Waals surface area contributed by atoms with E-state index in [0.717, 1.165) is 21.3 Å². The lowest BCUT2D eigenvalue weighted by Crippen LogP contribution is -2.10. The quantitative estimate of drug-likeness (QED) is 0.843. The summed E-state index contributed by atoms with van der Waals surface area (Å²) in [4.78, 5) is 5.55. The standard InChI is InChI=1S/C14H17NOS2/c1-14(2,3)13-15-10(9-18-13)8-17-12-7-5-4-6-11(12)16/h4-7,9,16H,8H2,1-3H3. The molecule has 18 heavy (non-hydrogen) atoms. The van der Waals surface area contributed by atoms with Crippen LogP contribution in [0, 0.1) is 0 Å². The van der Waals surface area contributed by atoms with Gasteiger partial charge in [-0.05, 0) is 12.1 Å². The van der Waals surface area contributed by atoms with E-state index in [9.17, 15) is 5.11 Å².